The van der Waals surface area contributed by atoms with Crippen LogP contribution in [0.3, 0.4) is 0 Å². The van der Waals surface area contributed by atoms with Gasteiger partial charge in [0, 0.05) is 18.8 Å². The van der Waals surface area contributed by atoms with Crippen LogP contribution in [0.25, 0.3) is 0 Å². The van der Waals surface area contributed by atoms with Crippen molar-refractivity contribution in [3.63, 3.8) is 0 Å². The van der Waals surface area contributed by atoms with Crippen molar-refractivity contribution in [1.29, 1.82) is 0 Å². The molecule has 1 aliphatic heterocycles. The zero-order chi connectivity index (χ0) is 17.8. The average Bonchev–Trinajstić information content (AvgIpc) is 2.56. The van der Waals surface area contributed by atoms with Crippen LogP contribution in [-0.2, 0) is 25.7 Å². The maximum atomic E-state index is 9.64. The largest absolute Gasteiger partial charge is 0.481 e. The molecular formula is C16H24N2O6. The van der Waals surface area contributed by atoms with Gasteiger partial charge in [0.1, 0.15) is 0 Å². The molecule has 1 heterocycles. The van der Waals surface area contributed by atoms with Crippen LogP contribution in [0.4, 0.5) is 5.69 Å². The molecule has 1 atom stereocenters. The maximum Gasteiger partial charge on any atom is 0.303 e. The van der Waals surface area contributed by atoms with Crippen LogP contribution in [0.15, 0.2) is 24.3 Å². The molecule has 8 heteroatoms. The van der Waals surface area contributed by atoms with Gasteiger partial charge in [-0.15, -0.1) is 0 Å². The number of carboxylic acid groups (broad SMARTS) is 2. The number of ether oxygens (including phenoxy) is 2. The number of morpholine rings is 1. The Morgan fingerprint density at radius 2 is 1.83 bits per heavy atom. The molecule has 5 N–H and O–H groups in total. The summed E-state index contributed by atoms with van der Waals surface area (Å²) in [5.74, 6) is -2.15. The Morgan fingerprint density at radius 1 is 1.21 bits per heavy atom. The van der Waals surface area contributed by atoms with E-state index in [1.165, 1.54) is 0 Å². The van der Waals surface area contributed by atoms with E-state index in [0.29, 0.717) is 13.2 Å². The van der Waals surface area contributed by atoms with Gasteiger partial charge in [0.2, 0.25) is 0 Å². The van der Waals surface area contributed by atoms with Gasteiger partial charge >= 0.3 is 11.9 Å². The number of aliphatic carboxylic acids is 2. The van der Waals surface area contributed by atoms with Crippen LogP contribution in [0, 0.1) is 0 Å². The highest BCUT2D eigenvalue weighted by atomic mass is 16.5. The molecule has 1 aliphatic rings. The molecule has 1 aromatic carbocycles. The van der Waals surface area contributed by atoms with Crippen molar-refractivity contribution < 1.29 is 29.3 Å². The number of benzene rings is 1. The summed E-state index contributed by atoms with van der Waals surface area (Å²) < 4.78 is 11.1. The van der Waals surface area contributed by atoms with Gasteiger partial charge in [0.25, 0.3) is 0 Å². The molecule has 0 bridgehead atoms. The van der Waals surface area contributed by atoms with E-state index in [1.54, 1.807) is 0 Å². The molecule has 1 aromatic rings. The Balaban J connectivity index is 0.000000307. The summed E-state index contributed by atoms with van der Waals surface area (Å²) in [6, 6.07) is 7.74. The first kappa shape index (κ1) is 19.9. The third-order valence-corrected chi connectivity index (χ3v) is 3.11. The lowest BCUT2D eigenvalue weighted by Crippen LogP contribution is -2.40. The molecule has 8 nitrogen and oxygen atoms in total. The predicted molar refractivity (Wildman–Crippen MR) is 87.6 cm³/mol. The quantitative estimate of drug-likeness (QED) is 0.534. The summed E-state index contributed by atoms with van der Waals surface area (Å²) >= 11 is 0. The van der Waals surface area contributed by atoms with E-state index in [4.69, 9.17) is 25.4 Å². The van der Waals surface area contributed by atoms with E-state index >= 15 is 0 Å². The molecule has 2 rings (SSSR count). The van der Waals surface area contributed by atoms with E-state index in [2.05, 4.69) is 5.32 Å². The van der Waals surface area contributed by atoms with Crippen LogP contribution in [-0.4, -0.2) is 54.6 Å². The zero-order valence-corrected chi connectivity index (χ0v) is 13.4. The van der Waals surface area contributed by atoms with Gasteiger partial charge in [-0.05, 0) is 17.7 Å². The van der Waals surface area contributed by atoms with E-state index in [1.807, 2.05) is 24.3 Å². The smallest absolute Gasteiger partial charge is 0.303 e. The van der Waals surface area contributed by atoms with Crippen molar-refractivity contribution in [1.82, 2.24) is 5.32 Å². The van der Waals surface area contributed by atoms with E-state index in [9.17, 15) is 9.59 Å². The summed E-state index contributed by atoms with van der Waals surface area (Å²) in [7, 11) is 0. The highest BCUT2D eigenvalue weighted by molar-refractivity contribution is 5.75. The molecule has 0 radical (unpaired) electrons. The number of carbonyl (C=O) groups is 2. The molecular weight excluding hydrogens is 316 g/mol. The number of hydrogen-bond donors (Lipinski definition) is 4. The number of nitrogens with one attached hydrogen (secondary N) is 1. The number of hydrogen-bond acceptors (Lipinski definition) is 6. The average molecular weight is 340 g/mol. The molecule has 0 aliphatic carbocycles. The minimum Gasteiger partial charge on any atom is -0.481 e. The fourth-order valence-electron chi connectivity index (χ4n) is 1.86. The standard InChI is InChI=1S/C12H18N2O2.C4H6O4/c13-11-3-1-10(2-4-11)8-15-9-12-7-14-5-6-16-12;5-3(6)1-2-4(7)8/h1-4,12,14H,5-9,13H2;1-2H2,(H,5,6)(H,7,8). The van der Waals surface area contributed by atoms with Crippen LogP contribution < -0.4 is 11.1 Å². The van der Waals surface area contributed by atoms with E-state index in [0.717, 1.165) is 30.9 Å². The fraction of sp³-hybridized carbons (Fsp3) is 0.500. The van der Waals surface area contributed by atoms with Gasteiger partial charge in [0.15, 0.2) is 0 Å². The highest BCUT2D eigenvalue weighted by Crippen LogP contribution is 2.07. The van der Waals surface area contributed by atoms with Gasteiger partial charge in [-0.1, -0.05) is 12.1 Å². The van der Waals surface area contributed by atoms with E-state index < -0.39 is 11.9 Å². The molecule has 0 saturated carbocycles. The summed E-state index contributed by atoms with van der Waals surface area (Å²) in [4.78, 5) is 19.3. The lowest BCUT2D eigenvalue weighted by molar-refractivity contribution is -0.143. The molecule has 134 valence electrons. The van der Waals surface area contributed by atoms with Crippen molar-refractivity contribution in [2.45, 2.75) is 25.6 Å². The van der Waals surface area contributed by atoms with Gasteiger partial charge in [0.05, 0.1) is 38.8 Å². The second-order valence-corrected chi connectivity index (χ2v) is 5.24. The second kappa shape index (κ2) is 11.4. The molecule has 1 unspecified atom stereocenters. The lowest BCUT2D eigenvalue weighted by atomic mass is 10.2. The Morgan fingerprint density at radius 3 is 2.33 bits per heavy atom. The van der Waals surface area contributed by atoms with Crippen molar-refractivity contribution in [3.05, 3.63) is 29.8 Å². The topological polar surface area (TPSA) is 131 Å². The number of rotatable bonds is 7. The minimum absolute atomic E-state index is 0.183. The molecule has 0 aromatic heterocycles. The van der Waals surface area contributed by atoms with E-state index in [-0.39, 0.29) is 18.9 Å². The monoisotopic (exact) mass is 340 g/mol. The summed E-state index contributed by atoms with van der Waals surface area (Å²) in [5.41, 5.74) is 7.52. The predicted octanol–water partition coefficient (Wildman–Crippen LogP) is 0.710. The second-order valence-electron chi connectivity index (χ2n) is 5.24. The molecule has 24 heavy (non-hydrogen) atoms. The SMILES string of the molecule is Nc1ccc(COCC2CNCCO2)cc1.O=C(O)CCC(=O)O. The molecule has 0 amide bonds. The number of nitrogens with two attached hydrogens (primary N) is 1. The van der Waals surface area contributed by atoms with Gasteiger partial charge in [-0.2, -0.15) is 0 Å². The van der Waals surface area contributed by atoms with Gasteiger partial charge in [-0.25, -0.2) is 0 Å². The highest BCUT2D eigenvalue weighted by Gasteiger charge is 2.12. The van der Waals surface area contributed by atoms with Crippen LogP contribution in [0.1, 0.15) is 18.4 Å². The first-order valence-electron chi connectivity index (χ1n) is 7.65. The van der Waals surface area contributed by atoms with Gasteiger partial charge in [-0.3, -0.25) is 9.59 Å². The first-order chi connectivity index (χ1) is 11.5. The number of carboxylic acids is 2. The lowest BCUT2D eigenvalue weighted by Gasteiger charge is -2.23. The Bertz CT molecular complexity index is 486. The van der Waals surface area contributed by atoms with Gasteiger partial charge < -0.3 is 30.7 Å². The number of nitrogen functional groups attached to an aromatic ring is 1. The van der Waals surface area contributed by atoms with Crippen molar-refractivity contribution in [3.8, 4) is 0 Å². The van der Waals surface area contributed by atoms with Crippen LogP contribution >= 0.6 is 0 Å². The molecule has 0 spiro atoms. The summed E-state index contributed by atoms with van der Waals surface area (Å²) in [5, 5.41) is 19.1. The number of anilines is 1. The fourth-order valence-corrected chi connectivity index (χ4v) is 1.86. The van der Waals surface area contributed by atoms with Crippen molar-refractivity contribution >= 4 is 17.6 Å². The Labute approximate surface area is 140 Å². The van der Waals surface area contributed by atoms with Crippen molar-refractivity contribution in [2.24, 2.45) is 0 Å². The maximum absolute atomic E-state index is 9.64. The summed E-state index contributed by atoms with van der Waals surface area (Å²) in [6.07, 6.45) is -0.410. The van der Waals surface area contributed by atoms with Crippen LogP contribution in [0.5, 0.6) is 0 Å². The molecule has 1 saturated heterocycles. The normalized spacial score (nSPS) is 16.8. The Hall–Kier alpha value is -2.16. The third-order valence-electron chi connectivity index (χ3n) is 3.11. The Kier molecular flexibility index (Phi) is 9.44. The third kappa shape index (κ3) is 9.78. The first-order valence-corrected chi connectivity index (χ1v) is 7.65. The summed E-state index contributed by atoms with van der Waals surface area (Å²) in [6.45, 7) is 3.84. The van der Waals surface area contributed by atoms with Crippen LogP contribution in [0.2, 0.25) is 0 Å². The minimum atomic E-state index is -1.08. The zero-order valence-electron chi connectivity index (χ0n) is 13.4. The van der Waals surface area contributed by atoms with Crippen molar-refractivity contribution in [2.75, 3.05) is 32.0 Å². The molecule has 1 fully saturated rings.